The normalized spacial score (nSPS) is 12.1. The number of pyridine rings is 1. The van der Waals surface area contributed by atoms with Crippen LogP contribution in [0, 0.1) is 5.82 Å². The van der Waals surface area contributed by atoms with E-state index >= 15 is 0 Å². The highest BCUT2D eigenvalue weighted by atomic mass is 35.5. The number of hydrogen-bond acceptors (Lipinski definition) is 1. The third kappa shape index (κ3) is 1.78. The second kappa shape index (κ2) is 3.70. The molecular weight excluding hydrogens is 225 g/mol. The molecular formula is C13H13ClFN. The van der Waals surface area contributed by atoms with Gasteiger partial charge in [-0.2, -0.15) is 0 Å². The Morgan fingerprint density at radius 1 is 1.25 bits per heavy atom. The number of aromatic nitrogens is 1. The van der Waals surface area contributed by atoms with Gasteiger partial charge in [0.2, 0.25) is 0 Å². The third-order valence-electron chi connectivity index (χ3n) is 2.55. The van der Waals surface area contributed by atoms with Gasteiger partial charge < -0.3 is 0 Å². The molecule has 0 aliphatic carbocycles. The monoisotopic (exact) mass is 237 g/mol. The molecule has 2 aromatic rings. The maximum atomic E-state index is 13.8. The predicted molar refractivity (Wildman–Crippen MR) is 65.4 cm³/mol. The van der Waals surface area contributed by atoms with Crippen LogP contribution < -0.4 is 0 Å². The van der Waals surface area contributed by atoms with Gasteiger partial charge in [0.25, 0.3) is 0 Å². The zero-order valence-corrected chi connectivity index (χ0v) is 10.3. The molecule has 0 N–H and O–H groups in total. The molecule has 1 heterocycles. The van der Waals surface area contributed by atoms with Crippen molar-refractivity contribution in [2.24, 2.45) is 0 Å². The van der Waals surface area contributed by atoms with Crippen LogP contribution in [0.1, 0.15) is 26.3 Å². The fourth-order valence-electron chi connectivity index (χ4n) is 1.92. The van der Waals surface area contributed by atoms with Crippen LogP contribution in [0.4, 0.5) is 4.39 Å². The second-order valence-electron chi connectivity index (χ2n) is 4.87. The zero-order valence-electron chi connectivity index (χ0n) is 9.51. The molecule has 0 aliphatic heterocycles. The lowest BCUT2D eigenvalue weighted by molar-refractivity contribution is 0.525. The van der Waals surface area contributed by atoms with Gasteiger partial charge in [-0.3, -0.25) is 4.98 Å². The van der Waals surface area contributed by atoms with E-state index in [4.69, 9.17) is 11.6 Å². The number of halogens is 2. The number of hydrogen-bond donors (Lipinski definition) is 0. The van der Waals surface area contributed by atoms with E-state index in [1.807, 2.05) is 32.9 Å². The molecule has 1 aromatic heterocycles. The Balaban J connectivity index is 2.91. The van der Waals surface area contributed by atoms with E-state index in [-0.39, 0.29) is 11.2 Å². The highest BCUT2D eigenvalue weighted by Crippen LogP contribution is 2.33. The minimum atomic E-state index is -0.276. The van der Waals surface area contributed by atoms with Crippen LogP contribution in [0.5, 0.6) is 0 Å². The van der Waals surface area contributed by atoms with Crippen LogP contribution in [-0.4, -0.2) is 4.98 Å². The smallest absolute Gasteiger partial charge is 0.145 e. The summed E-state index contributed by atoms with van der Waals surface area (Å²) in [5.74, 6) is -0.276. The fourth-order valence-corrected chi connectivity index (χ4v) is 2.15. The van der Waals surface area contributed by atoms with Crippen molar-refractivity contribution in [3.8, 4) is 0 Å². The summed E-state index contributed by atoms with van der Waals surface area (Å²) >= 11 is 6.05. The van der Waals surface area contributed by atoms with Crippen LogP contribution >= 0.6 is 11.6 Å². The van der Waals surface area contributed by atoms with Crippen molar-refractivity contribution in [3.05, 3.63) is 40.8 Å². The summed E-state index contributed by atoms with van der Waals surface area (Å²) in [6.45, 7) is 5.93. The Labute approximate surface area is 99.3 Å². The molecule has 0 saturated heterocycles. The summed E-state index contributed by atoms with van der Waals surface area (Å²) in [7, 11) is 0. The highest BCUT2D eigenvalue weighted by molar-refractivity contribution is 6.35. The van der Waals surface area contributed by atoms with Gasteiger partial charge in [-0.05, 0) is 11.5 Å². The van der Waals surface area contributed by atoms with Gasteiger partial charge in [-0.25, -0.2) is 4.39 Å². The third-order valence-corrected chi connectivity index (χ3v) is 2.86. The number of para-hydroxylation sites is 1. The second-order valence-corrected chi connectivity index (χ2v) is 5.27. The van der Waals surface area contributed by atoms with E-state index in [1.165, 1.54) is 6.20 Å². The lowest BCUT2D eigenvalue weighted by Gasteiger charge is -2.21. The van der Waals surface area contributed by atoms with Crippen molar-refractivity contribution < 1.29 is 4.39 Å². The minimum absolute atomic E-state index is 0.268. The van der Waals surface area contributed by atoms with Gasteiger partial charge in [0.1, 0.15) is 5.82 Å². The molecule has 84 valence electrons. The first-order valence-electron chi connectivity index (χ1n) is 5.14. The molecule has 0 bridgehead atoms. The lowest BCUT2D eigenvalue weighted by atomic mass is 9.84. The van der Waals surface area contributed by atoms with Crippen molar-refractivity contribution in [2.45, 2.75) is 26.2 Å². The highest BCUT2D eigenvalue weighted by Gasteiger charge is 2.22. The van der Waals surface area contributed by atoms with Gasteiger partial charge in [-0.15, -0.1) is 0 Å². The molecule has 0 saturated carbocycles. The number of benzene rings is 1. The topological polar surface area (TPSA) is 12.9 Å². The molecule has 3 heteroatoms. The SMILES string of the molecule is CC(C)(C)c1c(F)cnc2c(Cl)cccc12. The molecule has 0 fully saturated rings. The van der Waals surface area contributed by atoms with E-state index in [0.717, 1.165) is 5.39 Å². The molecule has 16 heavy (non-hydrogen) atoms. The summed E-state index contributed by atoms with van der Waals surface area (Å²) in [6.07, 6.45) is 1.24. The molecule has 1 aromatic carbocycles. The van der Waals surface area contributed by atoms with Crippen molar-refractivity contribution in [2.75, 3.05) is 0 Å². The van der Waals surface area contributed by atoms with Gasteiger partial charge in [0.15, 0.2) is 0 Å². The van der Waals surface area contributed by atoms with Gasteiger partial charge in [0.05, 0.1) is 16.7 Å². The summed E-state index contributed by atoms with van der Waals surface area (Å²) in [5.41, 5.74) is 1.06. The Bertz CT molecular complexity index is 543. The van der Waals surface area contributed by atoms with Crippen LogP contribution in [-0.2, 0) is 5.41 Å². The summed E-state index contributed by atoms with van der Waals surface area (Å²) in [5, 5.41) is 1.35. The van der Waals surface area contributed by atoms with E-state index < -0.39 is 0 Å². The average Bonchev–Trinajstić information content (AvgIpc) is 2.15. The Kier molecular flexibility index (Phi) is 2.62. The molecule has 1 nitrogen and oxygen atoms in total. The molecule has 0 atom stereocenters. The van der Waals surface area contributed by atoms with Gasteiger partial charge in [0, 0.05) is 10.9 Å². The van der Waals surface area contributed by atoms with Crippen LogP contribution in [0.15, 0.2) is 24.4 Å². The van der Waals surface area contributed by atoms with Crippen LogP contribution in [0.2, 0.25) is 5.02 Å². The maximum Gasteiger partial charge on any atom is 0.145 e. The Morgan fingerprint density at radius 3 is 2.56 bits per heavy atom. The van der Waals surface area contributed by atoms with Crippen molar-refractivity contribution in [1.29, 1.82) is 0 Å². The van der Waals surface area contributed by atoms with Gasteiger partial charge in [-0.1, -0.05) is 44.5 Å². The van der Waals surface area contributed by atoms with E-state index in [2.05, 4.69) is 4.98 Å². The van der Waals surface area contributed by atoms with E-state index in [1.54, 1.807) is 6.07 Å². The van der Waals surface area contributed by atoms with E-state index in [9.17, 15) is 4.39 Å². The standard InChI is InChI=1S/C13H13ClFN/c1-13(2,3)11-8-5-4-6-9(14)12(8)16-7-10(11)15/h4-7H,1-3H3. The quantitative estimate of drug-likeness (QED) is 0.665. The molecule has 0 radical (unpaired) electrons. The molecule has 0 amide bonds. The van der Waals surface area contributed by atoms with Crippen molar-refractivity contribution >= 4 is 22.5 Å². The molecule has 0 spiro atoms. The molecule has 2 rings (SSSR count). The van der Waals surface area contributed by atoms with Crippen molar-refractivity contribution in [3.63, 3.8) is 0 Å². The number of nitrogens with zero attached hydrogens (tertiary/aromatic N) is 1. The first-order valence-corrected chi connectivity index (χ1v) is 5.52. The lowest BCUT2D eigenvalue weighted by Crippen LogP contribution is -2.14. The average molecular weight is 238 g/mol. The molecule has 0 unspecified atom stereocenters. The molecule has 0 aliphatic rings. The van der Waals surface area contributed by atoms with E-state index in [0.29, 0.717) is 16.1 Å². The van der Waals surface area contributed by atoms with Gasteiger partial charge >= 0.3 is 0 Å². The largest absolute Gasteiger partial charge is 0.252 e. The maximum absolute atomic E-state index is 13.8. The number of rotatable bonds is 0. The summed E-state index contributed by atoms with van der Waals surface area (Å²) < 4.78 is 13.8. The van der Waals surface area contributed by atoms with Crippen LogP contribution in [0.25, 0.3) is 10.9 Å². The first-order chi connectivity index (χ1) is 7.41. The fraction of sp³-hybridized carbons (Fsp3) is 0.308. The zero-order chi connectivity index (χ0) is 11.9. The minimum Gasteiger partial charge on any atom is -0.252 e. The van der Waals surface area contributed by atoms with Crippen molar-refractivity contribution in [1.82, 2.24) is 4.98 Å². The number of fused-ring (bicyclic) bond motifs is 1. The Hall–Kier alpha value is -1.15. The Morgan fingerprint density at radius 2 is 1.94 bits per heavy atom. The summed E-state index contributed by atoms with van der Waals surface area (Å²) in [6, 6.07) is 5.44. The summed E-state index contributed by atoms with van der Waals surface area (Å²) in [4.78, 5) is 4.05. The first kappa shape index (κ1) is 11.3. The predicted octanol–water partition coefficient (Wildman–Crippen LogP) is 4.32. The van der Waals surface area contributed by atoms with Crippen LogP contribution in [0.3, 0.4) is 0 Å².